The van der Waals surface area contributed by atoms with Crippen molar-refractivity contribution >= 4 is 15.9 Å². The quantitative estimate of drug-likeness (QED) is 0.758. The summed E-state index contributed by atoms with van der Waals surface area (Å²) in [6.45, 7) is 12.3. The van der Waals surface area contributed by atoms with Gasteiger partial charge in [0.15, 0.2) is 0 Å². The van der Waals surface area contributed by atoms with Crippen LogP contribution in [0.5, 0.6) is 0 Å². The molecule has 0 aromatic rings. The maximum atomic E-state index is 11.9. The molecule has 1 aliphatic rings. The van der Waals surface area contributed by atoms with E-state index in [0.29, 0.717) is 25.3 Å². The normalized spacial score (nSPS) is 21.3. The highest BCUT2D eigenvalue weighted by Crippen LogP contribution is 2.21. The van der Waals surface area contributed by atoms with E-state index in [1.807, 2.05) is 20.8 Å². The van der Waals surface area contributed by atoms with Crippen molar-refractivity contribution in [1.82, 2.24) is 10.6 Å². The van der Waals surface area contributed by atoms with Crippen LogP contribution < -0.4 is 10.6 Å². The minimum absolute atomic E-state index is 0.165. The number of hydrogen-bond acceptors (Lipinski definition) is 5. The summed E-state index contributed by atoms with van der Waals surface area (Å²) in [5, 5.41) is 6.43. The second kappa shape index (κ2) is 8.04. The predicted octanol–water partition coefficient (Wildman–Crippen LogP) is 2.48. The fourth-order valence-corrected chi connectivity index (χ4v) is 4.68. The van der Waals surface area contributed by atoms with Crippen molar-refractivity contribution in [3.63, 3.8) is 0 Å². The lowest BCUT2D eigenvalue weighted by molar-refractivity contribution is 0.0505. The van der Waals surface area contributed by atoms with Gasteiger partial charge in [0.2, 0.25) is 0 Å². The van der Waals surface area contributed by atoms with Gasteiger partial charge in [0.05, 0.1) is 11.5 Å². The average Bonchev–Trinajstić information content (AvgIpc) is 2.36. The number of sulfone groups is 1. The first-order valence-electron chi connectivity index (χ1n) is 8.75. The Hall–Kier alpha value is -0.820. The fourth-order valence-electron chi connectivity index (χ4n) is 3.19. The first kappa shape index (κ1) is 21.2. The van der Waals surface area contributed by atoms with Crippen LogP contribution in [0.15, 0.2) is 0 Å². The molecule has 142 valence electrons. The Morgan fingerprint density at radius 3 is 2.17 bits per heavy atom. The fraction of sp³-hybridized carbons (Fsp3) is 0.941. The number of carbonyl (C=O) groups excluding carboxylic acids is 1. The average molecular weight is 363 g/mol. The molecule has 24 heavy (non-hydrogen) atoms. The van der Waals surface area contributed by atoms with E-state index in [0.717, 1.165) is 6.42 Å². The molecule has 7 heteroatoms. The van der Waals surface area contributed by atoms with Crippen molar-refractivity contribution in [2.75, 3.05) is 18.1 Å². The zero-order valence-electron chi connectivity index (χ0n) is 15.9. The number of amides is 1. The van der Waals surface area contributed by atoms with Crippen LogP contribution in [0.3, 0.4) is 0 Å². The SMILES string of the molecule is CC(C)CC(C)(CNC(=O)OC(C)(C)C)NC1CCS(=O)(=O)CC1. The molecule has 0 bridgehead atoms. The Morgan fingerprint density at radius 2 is 1.71 bits per heavy atom. The van der Waals surface area contributed by atoms with Crippen molar-refractivity contribution < 1.29 is 17.9 Å². The molecule has 0 saturated carbocycles. The van der Waals surface area contributed by atoms with Gasteiger partial charge in [-0.15, -0.1) is 0 Å². The van der Waals surface area contributed by atoms with Crippen molar-refractivity contribution in [2.45, 2.75) is 78.0 Å². The summed E-state index contributed by atoms with van der Waals surface area (Å²) in [6, 6.07) is 0.165. The molecule has 1 amide bonds. The number of hydrogen-bond donors (Lipinski definition) is 2. The molecule has 0 aromatic carbocycles. The molecular formula is C17H34N2O4S. The molecule has 1 rings (SSSR count). The van der Waals surface area contributed by atoms with Gasteiger partial charge >= 0.3 is 6.09 Å². The molecule has 0 radical (unpaired) electrons. The molecule has 2 N–H and O–H groups in total. The minimum atomic E-state index is -2.87. The molecule has 1 fully saturated rings. The second-order valence-corrected chi connectivity index (χ2v) is 10.9. The molecule has 1 heterocycles. The van der Waals surface area contributed by atoms with Crippen LogP contribution in [0, 0.1) is 5.92 Å². The number of ether oxygens (including phenoxy) is 1. The molecule has 1 saturated heterocycles. The minimum Gasteiger partial charge on any atom is -0.444 e. The maximum Gasteiger partial charge on any atom is 0.407 e. The highest BCUT2D eigenvalue weighted by molar-refractivity contribution is 7.91. The topological polar surface area (TPSA) is 84.5 Å². The van der Waals surface area contributed by atoms with Crippen LogP contribution in [-0.4, -0.2) is 49.7 Å². The first-order chi connectivity index (χ1) is 10.8. The van der Waals surface area contributed by atoms with E-state index >= 15 is 0 Å². The smallest absolute Gasteiger partial charge is 0.407 e. The number of rotatable bonds is 6. The Labute approximate surface area is 147 Å². The van der Waals surface area contributed by atoms with Crippen molar-refractivity contribution in [3.8, 4) is 0 Å². The summed E-state index contributed by atoms with van der Waals surface area (Å²) < 4.78 is 28.5. The predicted molar refractivity (Wildman–Crippen MR) is 96.9 cm³/mol. The lowest BCUT2D eigenvalue weighted by Crippen LogP contribution is -2.57. The van der Waals surface area contributed by atoms with Crippen LogP contribution in [0.1, 0.15) is 60.8 Å². The molecule has 0 spiro atoms. The lowest BCUT2D eigenvalue weighted by atomic mass is 9.89. The van der Waals surface area contributed by atoms with Crippen LogP contribution in [0.2, 0.25) is 0 Å². The first-order valence-corrected chi connectivity index (χ1v) is 10.6. The van der Waals surface area contributed by atoms with E-state index in [4.69, 9.17) is 4.74 Å². The zero-order chi connectivity index (χ0) is 18.6. The van der Waals surface area contributed by atoms with Crippen LogP contribution >= 0.6 is 0 Å². The van der Waals surface area contributed by atoms with Gasteiger partial charge in [0.1, 0.15) is 15.4 Å². The third kappa shape index (κ3) is 8.33. The summed E-state index contributed by atoms with van der Waals surface area (Å²) in [5.74, 6) is 0.930. The third-order valence-corrected chi connectivity index (χ3v) is 5.70. The number of carbonyl (C=O) groups is 1. The van der Waals surface area contributed by atoms with Gasteiger partial charge in [-0.05, 0) is 52.9 Å². The number of nitrogens with one attached hydrogen (secondary N) is 2. The maximum absolute atomic E-state index is 11.9. The highest BCUT2D eigenvalue weighted by atomic mass is 32.2. The second-order valence-electron chi connectivity index (χ2n) is 8.58. The van der Waals surface area contributed by atoms with E-state index < -0.39 is 21.5 Å². The van der Waals surface area contributed by atoms with E-state index in [9.17, 15) is 13.2 Å². The number of alkyl carbamates (subject to hydrolysis) is 1. The van der Waals surface area contributed by atoms with Gasteiger partial charge in [0.25, 0.3) is 0 Å². The third-order valence-electron chi connectivity index (χ3n) is 3.99. The van der Waals surface area contributed by atoms with Gasteiger partial charge in [0, 0.05) is 18.1 Å². The summed E-state index contributed by atoms with van der Waals surface area (Å²) in [7, 11) is -2.87. The van der Waals surface area contributed by atoms with Crippen LogP contribution in [0.25, 0.3) is 0 Å². The van der Waals surface area contributed by atoms with E-state index in [-0.39, 0.29) is 23.1 Å². The zero-order valence-corrected chi connectivity index (χ0v) is 16.8. The Bertz CT molecular complexity index is 511. The summed E-state index contributed by atoms with van der Waals surface area (Å²) in [4.78, 5) is 11.9. The van der Waals surface area contributed by atoms with E-state index in [2.05, 4.69) is 31.4 Å². The molecule has 1 atom stereocenters. The molecule has 6 nitrogen and oxygen atoms in total. The van der Waals surface area contributed by atoms with Crippen molar-refractivity contribution in [1.29, 1.82) is 0 Å². The molecule has 0 aliphatic carbocycles. The standard InChI is InChI=1S/C17H34N2O4S/c1-13(2)11-17(6,12-18-15(20)23-16(3,4)5)19-14-7-9-24(21,22)10-8-14/h13-14,19H,7-12H2,1-6H3,(H,18,20). The molecule has 1 aliphatic heterocycles. The van der Waals surface area contributed by atoms with Gasteiger partial charge in [-0.1, -0.05) is 13.8 Å². The summed E-state index contributed by atoms with van der Waals surface area (Å²) in [5.41, 5.74) is -0.819. The van der Waals surface area contributed by atoms with Crippen LogP contribution in [0.4, 0.5) is 4.79 Å². The van der Waals surface area contributed by atoms with Gasteiger partial charge < -0.3 is 15.4 Å². The van der Waals surface area contributed by atoms with Crippen LogP contribution in [-0.2, 0) is 14.6 Å². The Balaban J connectivity index is 2.63. The molecular weight excluding hydrogens is 328 g/mol. The Kier molecular flexibility index (Phi) is 7.11. The van der Waals surface area contributed by atoms with E-state index in [1.165, 1.54) is 0 Å². The van der Waals surface area contributed by atoms with Crippen molar-refractivity contribution in [2.24, 2.45) is 5.92 Å². The lowest BCUT2D eigenvalue weighted by Gasteiger charge is -2.38. The van der Waals surface area contributed by atoms with Gasteiger partial charge in [-0.25, -0.2) is 13.2 Å². The monoisotopic (exact) mass is 362 g/mol. The van der Waals surface area contributed by atoms with Gasteiger partial charge in [-0.2, -0.15) is 0 Å². The summed E-state index contributed by atoms with van der Waals surface area (Å²) >= 11 is 0. The van der Waals surface area contributed by atoms with E-state index in [1.54, 1.807) is 0 Å². The van der Waals surface area contributed by atoms with Gasteiger partial charge in [-0.3, -0.25) is 0 Å². The largest absolute Gasteiger partial charge is 0.444 e. The molecule has 0 aromatic heterocycles. The molecule has 1 unspecified atom stereocenters. The Morgan fingerprint density at radius 1 is 1.17 bits per heavy atom. The summed E-state index contributed by atoms with van der Waals surface area (Å²) in [6.07, 6.45) is 1.71. The highest BCUT2D eigenvalue weighted by Gasteiger charge is 2.32. The van der Waals surface area contributed by atoms with Crippen molar-refractivity contribution in [3.05, 3.63) is 0 Å².